The molecule has 1 aliphatic rings. The van der Waals surface area contributed by atoms with Crippen LogP contribution in [0.15, 0.2) is 57.3 Å². The Morgan fingerprint density at radius 1 is 1.14 bits per heavy atom. The second kappa shape index (κ2) is 8.62. The Kier molecular flexibility index (Phi) is 5.78. The highest BCUT2D eigenvalue weighted by Gasteiger charge is 2.15. The van der Waals surface area contributed by atoms with Crippen molar-refractivity contribution in [2.24, 2.45) is 10.1 Å². The minimum absolute atomic E-state index is 0.0725. The summed E-state index contributed by atoms with van der Waals surface area (Å²) in [6.07, 6.45) is 7.76. The first-order chi connectivity index (χ1) is 13.7. The van der Waals surface area contributed by atoms with E-state index in [1.54, 1.807) is 23.5 Å². The molecule has 3 aromatic rings. The number of thiophene rings is 1. The number of nitro benzene ring substituents is 1. The van der Waals surface area contributed by atoms with E-state index in [2.05, 4.69) is 5.10 Å². The zero-order chi connectivity index (χ0) is 19.3. The van der Waals surface area contributed by atoms with E-state index >= 15 is 0 Å². The summed E-state index contributed by atoms with van der Waals surface area (Å²) in [6.45, 7) is 0. The first kappa shape index (κ1) is 18.8. The van der Waals surface area contributed by atoms with Gasteiger partial charge in [-0.15, -0.1) is 22.7 Å². The van der Waals surface area contributed by atoms with Crippen LogP contribution in [0.4, 0.5) is 5.69 Å². The van der Waals surface area contributed by atoms with Gasteiger partial charge in [-0.3, -0.25) is 15.1 Å². The Labute approximate surface area is 170 Å². The molecule has 0 atom stereocenters. The Hall–Kier alpha value is -2.58. The van der Waals surface area contributed by atoms with Gasteiger partial charge in [-0.1, -0.05) is 37.5 Å². The van der Waals surface area contributed by atoms with Crippen molar-refractivity contribution >= 4 is 34.6 Å². The lowest BCUT2D eigenvalue weighted by molar-refractivity contribution is -0.384. The van der Waals surface area contributed by atoms with Crippen molar-refractivity contribution in [2.75, 3.05) is 0 Å². The molecule has 6 nitrogen and oxygen atoms in total. The van der Waals surface area contributed by atoms with E-state index in [9.17, 15) is 10.1 Å². The van der Waals surface area contributed by atoms with Gasteiger partial charge in [0.1, 0.15) is 0 Å². The van der Waals surface area contributed by atoms with E-state index in [1.807, 2.05) is 39.8 Å². The predicted octanol–water partition coefficient (Wildman–Crippen LogP) is 5.30. The molecule has 2 heterocycles. The van der Waals surface area contributed by atoms with Crippen LogP contribution in [0, 0.1) is 10.1 Å². The predicted molar refractivity (Wildman–Crippen MR) is 114 cm³/mol. The number of hydrogen-bond acceptors (Lipinski definition) is 6. The van der Waals surface area contributed by atoms with E-state index in [0.717, 1.165) is 33.8 Å². The van der Waals surface area contributed by atoms with Crippen LogP contribution in [0.3, 0.4) is 0 Å². The number of hydrogen-bond donors (Lipinski definition) is 0. The van der Waals surface area contributed by atoms with Gasteiger partial charge in [0.2, 0.25) is 4.80 Å². The smallest absolute Gasteiger partial charge is 0.258 e. The van der Waals surface area contributed by atoms with Crippen LogP contribution in [-0.4, -0.2) is 21.9 Å². The van der Waals surface area contributed by atoms with Crippen molar-refractivity contribution in [1.29, 1.82) is 0 Å². The minimum atomic E-state index is -0.373. The van der Waals surface area contributed by atoms with Crippen LogP contribution in [0.2, 0.25) is 0 Å². The zero-order valence-corrected chi connectivity index (χ0v) is 16.9. The average molecular weight is 413 g/mol. The van der Waals surface area contributed by atoms with Gasteiger partial charge >= 0.3 is 0 Å². The van der Waals surface area contributed by atoms with Crippen molar-refractivity contribution in [3.63, 3.8) is 0 Å². The second-order valence-electron chi connectivity index (χ2n) is 6.70. The van der Waals surface area contributed by atoms with Gasteiger partial charge in [-0.25, -0.2) is 4.68 Å². The SMILES string of the molecule is O=[N+]([O-])c1cccc(-c2csc(=NC3CCCCC3)n2N=Cc2cccs2)c1. The fourth-order valence-electron chi connectivity index (χ4n) is 3.32. The molecule has 0 radical (unpaired) electrons. The number of nitro groups is 1. The van der Waals surface area contributed by atoms with Gasteiger partial charge in [0, 0.05) is 28.0 Å². The topological polar surface area (TPSA) is 72.8 Å². The standard InChI is InChI=1S/C20H20N4O2S2/c25-24(26)17-9-4-6-15(12-17)19-14-28-20(22-16-7-2-1-3-8-16)23(19)21-13-18-10-5-11-27-18/h4-6,9-14,16H,1-3,7-8H2. The first-order valence-electron chi connectivity index (χ1n) is 9.28. The molecular weight excluding hydrogens is 392 g/mol. The van der Waals surface area contributed by atoms with Crippen LogP contribution >= 0.6 is 22.7 Å². The Balaban J connectivity index is 1.78. The number of thiazole rings is 1. The molecule has 0 amide bonds. The van der Waals surface area contributed by atoms with Crippen molar-refractivity contribution < 1.29 is 4.92 Å². The molecule has 1 aromatic carbocycles. The Morgan fingerprint density at radius 3 is 2.75 bits per heavy atom. The van der Waals surface area contributed by atoms with E-state index < -0.39 is 0 Å². The molecule has 28 heavy (non-hydrogen) atoms. The van der Waals surface area contributed by atoms with E-state index in [1.165, 1.54) is 36.7 Å². The summed E-state index contributed by atoms with van der Waals surface area (Å²) in [5.74, 6) is 0. The Morgan fingerprint density at radius 2 is 2.00 bits per heavy atom. The molecule has 2 aromatic heterocycles. The summed E-state index contributed by atoms with van der Waals surface area (Å²) in [7, 11) is 0. The molecular formula is C20H20N4O2S2. The summed E-state index contributed by atoms with van der Waals surface area (Å²) >= 11 is 3.15. The number of benzene rings is 1. The molecule has 0 bridgehead atoms. The van der Waals surface area contributed by atoms with Gasteiger partial charge in [-0.2, -0.15) is 5.10 Å². The molecule has 144 valence electrons. The molecule has 0 N–H and O–H groups in total. The van der Waals surface area contributed by atoms with Crippen molar-refractivity contribution in [3.8, 4) is 11.3 Å². The molecule has 4 rings (SSSR count). The molecule has 1 aliphatic carbocycles. The maximum absolute atomic E-state index is 11.2. The first-order valence-corrected chi connectivity index (χ1v) is 11.0. The van der Waals surface area contributed by atoms with Crippen LogP contribution in [0.25, 0.3) is 11.3 Å². The molecule has 0 saturated heterocycles. The molecule has 0 unspecified atom stereocenters. The highest BCUT2D eigenvalue weighted by molar-refractivity contribution is 7.11. The van der Waals surface area contributed by atoms with Crippen molar-refractivity contribution in [1.82, 2.24) is 4.68 Å². The lowest BCUT2D eigenvalue weighted by Gasteiger charge is -2.16. The van der Waals surface area contributed by atoms with E-state index in [0.29, 0.717) is 6.04 Å². The highest BCUT2D eigenvalue weighted by Crippen LogP contribution is 2.25. The van der Waals surface area contributed by atoms with Crippen LogP contribution < -0.4 is 4.80 Å². The third kappa shape index (κ3) is 4.28. The number of rotatable bonds is 5. The number of aromatic nitrogens is 1. The van der Waals surface area contributed by atoms with Crippen LogP contribution in [0.1, 0.15) is 37.0 Å². The maximum atomic E-state index is 11.2. The summed E-state index contributed by atoms with van der Waals surface area (Å²) < 4.78 is 1.82. The molecule has 1 fully saturated rings. The van der Waals surface area contributed by atoms with Gasteiger partial charge < -0.3 is 0 Å². The van der Waals surface area contributed by atoms with Gasteiger partial charge in [-0.05, 0) is 24.3 Å². The summed E-state index contributed by atoms with van der Waals surface area (Å²) in [5, 5.41) is 19.8. The number of nitrogens with zero attached hydrogens (tertiary/aromatic N) is 4. The third-order valence-corrected chi connectivity index (χ3v) is 6.39. The monoisotopic (exact) mass is 412 g/mol. The summed E-state index contributed by atoms with van der Waals surface area (Å²) in [6, 6.07) is 11.0. The normalized spacial score (nSPS) is 16.1. The quantitative estimate of drug-likeness (QED) is 0.324. The molecule has 0 aliphatic heterocycles. The number of non-ortho nitro benzene ring substituents is 1. The average Bonchev–Trinajstić information content (AvgIpc) is 3.37. The Bertz CT molecular complexity index is 1040. The molecule has 1 saturated carbocycles. The minimum Gasteiger partial charge on any atom is -0.258 e. The van der Waals surface area contributed by atoms with Gasteiger partial charge in [0.15, 0.2) is 0 Å². The molecule has 8 heteroatoms. The van der Waals surface area contributed by atoms with Gasteiger partial charge in [0.05, 0.1) is 22.9 Å². The lowest BCUT2D eigenvalue weighted by atomic mass is 9.96. The molecule has 0 spiro atoms. The van der Waals surface area contributed by atoms with Gasteiger partial charge in [0.25, 0.3) is 5.69 Å². The van der Waals surface area contributed by atoms with Crippen LogP contribution in [-0.2, 0) is 0 Å². The zero-order valence-electron chi connectivity index (χ0n) is 15.2. The largest absolute Gasteiger partial charge is 0.270 e. The van der Waals surface area contributed by atoms with Crippen molar-refractivity contribution in [2.45, 2.75) is 38.1 Å². The summed E-state index contributed by atoms with van der Waals surface area (Å²) in [5.41, 5.74) is 1.65. The summed E-state index contributed by atoms with van der Waals surface area (Å²) in [4.78, 5) is 17.6. The lowest BCUT2D eigenvalue weighted by Crippen LogP contribution is -2.18. The van der Waals surface area contributed by atoms with E-state index in [4.69, 9.17) is 4.99 Å². The van der Waals surface area contributed by atoms with Crippen LogP contribution in [0.5, 0.6) is 0 Å². The maximum Gasteiger partial charge on any atom is 0.270 e. The second-order valence-corrected chi connectivity index (χ2v) is 8.52. The van der Waals surface area contributed by atoms with E-state index in [-0.39, 0.29) is 10.6 Å². The fraction of sp³-hybridized carbons (Fsp3) is 0.300. The fourth-order valence-corrected chi connectivity index (χ4v) is 4.81. The highest BCUT2D eigenvalue weighted by atomic mass is 32.1. The third-order valence-electron chi connectivity index (χ3n) is 4.75. The van der Waals surface area contributed by atoms with Crippen molar-refractivity contribution in [3.05, 3.63) is 67.0 Å².